The number of halogens is 3. The van der Waals surface area contributed by atoms with Gasteiger partial charge in [-0.1, -0.05) is 23.7 Å². The first-order valence-corrected chi connectivity index (χ1v) is 7.42. The average molecular weight is 371 g/mol. The normalized spacial score (nSPS) is 11.7. The highest BCUT2D eigenvalue weighted by Gasteiger charge is 2.23. The van der Waals surface area contributed by atoms with Crippen molar-refractivity contribution in [1.29, 1.82) is 0 Å². The number of hydrogen-bond acceptors (Lipinski definition) is 5. The van der Waals surface area contributed by atoms with Crippen molar-refractivity contribution < 1.29 is 27.8 Å². The number of nitrogens with one attached hydrogen (secondary N) is 1. The van der Waals surface area contributed by atoms with Crippen LogP contribution in [0.4, 0.5) is 14.5 Å². The lowest BCUT2D eigenvalue weighted by Crippen LogP contribution is -2.30. The molecule has 0 aliphatic heterocycles. The number of para-hydroxylation sites is 1. The lowest BCUT2D eigenvalue weighted by atomic mass is 10.2. The van der Waals surface area contributed by atoms with Crippen LogP contribution in [0.15, 0.2) is 42.6 Å². The maximum absolute atomic E-state index is 12.4. The van der Waals surface area contributed by atoms with E-state index in [-0.39, 0.29) is 22.2 Å². The zero-order valence-corrected chi connectivity index (χ0v) is 13.7. The lowest BCUT2D eigenvalue weighted by molar-refractivity contribution is -0.123. The molecule has 132 valence electrons. The van der Waals surface area contributed by atoms with Crippen LogP contribution in [0.5, 0.6) is 5.75 Å². The fraction of sp³-hybridized carbons (Fsp3) is 0.188. The van der Waals surface area contributed by atoms with Gasteiger partial charge in [0.05, 0.1) is 5.69 Å². The number of nitrogens with zero attached hydrogens (tertiary/aromatic N) is 1. The minimum absolute atomic E-state index is 0.0741. The number of hydrogen-bond donors (Lipinski definition) is 1. The van der Waals surface area contributed by atoms with Gasteiger partial charge >= 0.3 is 12.6 Å². The zero-order valence-electron chi connectivity index (χ0n) is 12.9. The van der Waals surface area contributed by atoms with E-state index in [1.807, 2.05) is 0 Å². The topological polar surface area (TPSA) is 77.5 Å². The molecule has 2 rings (SSSR count). The third-order valence-electron chi connectivity index (χ3n) is 2.99. The van der Waals surface area contributed by atoms with Crippen LogP contribution in [0.3, 0.4) is 0 Å². The maximum Gasteiger partial charge on any atom is 0.387 e. The largest absolute Gasteiger partial charge is 0.449 e. The molecule has 2 aromatic rings. The fourth-order valence-corrected chi connectivity index (χ4v) is 1.99. The third-order valence-corrected chi connectivity index (χ3v) is 3.29. The van der Waals surface area contributed by atoms with Crippen LogP contribution < -0.4 is 10.1 Å². The number of ether oxygens (including phenoxy) is 2. The molecule has 1 heterocycles. The van der Waals surface area contributed by atoms with Crippen LogP contribution in [0.1, 0.15) is 17.3 Å². The molecule has 0 saturated carbocycles. The summed E-state index contributed by atoms with van der Waals surface area (Å²) in [5, 5.41) is 2.53. The molecule has 6 nitrogen and oxygen atoms in total. The summed E-state index contributed by atoms with van der Waals surface area (Å²) in [6, 6.07) is 8.42. The van der Waals surface area contributed by atoms with Crippen LogP contribution in [-0.2, 0) is 9.53 Å². The Hall–Kier alpha value is -2.74. The molecule has 1 atom stereocenters. The molecule has 25 heavy (non-hydrogen) atoms. The number of esters is 1. The van der Waals surface area contributed by atoms with Crippen molar-refractivity contribution >= 4 is 29.2 Å². The van der Waals surface area contributed by atoms with Gasteiger partial charge in [-0.15, -0.1) is 0 Å². The number of carbonyl (C=O) groups excluding carboxylic acids is 2. The molecule has 0 saturated heterocycles. The van der Waals surface area contributed by atoms with E-state index >= 15 is 0 Å². The first-order chi connectivity index (χ1) is 11.9. The van der Waals surface area contributed by atoms with E-state index in [1.54, 1.807) is 6.07 Å². The van der Waals surface area contributed by atoms with Crippen LogP contribution in [-0.4, -0.2) is 29.6 Å². The van der Waals surface area contributed by atoms with E-state index in [0.717, 1.165) is 0 Å². The summed E-state index contributed by atoms with van der Waals surface area (Å²) in [5.74, 6) is -1.97. The number of benzene rings is 1. The molecular formula is C16H13ClF2N2O4. The van der Waals surface area contributed by atoms with Crippen molar-refractivity contribution in [1.82, 2.24) is 4.98 Å². The van der Waals surface area contributed by atoms with Crippen molar-refractivity contribution in [2.75, 3.05) is 5.32 Å². The predicted octanol–water partition coefficient (Wildman–Crippen LogP) is 3.52. The van der Waals surface area contributed by atoms with E-state index in [9.17, 15) is 18.4 Å². The van der Waals surface area contributed by atoms with Gasteiger partial charge in [0.2, 0.25) is 0 Å². The molecule has 9 heteroatoms. The van der Waals surface area contributed by atoms with Crippen molar-refractivity contribution in [3.63, 3.8) is 0 Å². The van der Waals surface area contributed by atoms with Gasteiger partial charge in [-0.3, -0.25) is 4.79 Å². The highest BCUT2D eigenvalue weighted by atomic mass is 35.5. The molecule has 0 aliphatic carbocycles. The maximum atomic E-state index is 12.4. The number of aromatic nitrogens is 1. The Balaban J connectivity index is 2.05. The Morgan fingerprint density at radius 2 is 1.92 bits per heavy atom. The van der Waals surface area contributed by atoms with Gasteiger partial charge < -0.3 is 14.8 Å². The number of amides is 1. The highest BCUT2D eigenvalue weighted by molar-refractivity contribution is 6.32. The first-order valence-electron chi connectivity index (χ1n) is 7.04. The van der Waals surface area contributed by atoms with Gasteiger partial charge in [-0.25, -0.2) is 9.78 Å². The summed E-state index contributed by atoms with van der Waals surface area (Å²) in [6.07, 6.45) is 0.241. The third kappa shape index (κ3) is 5.12. The van der Waals surface area contributed by atoms with Crippen LogP contribution in [0.2, 0.25) is 5.15 Å². The summed E-state index contributed by atoms with van der Waals surface area (Å²) >= 11 is 5.82. The zero-order chi connectivity index (χ0) is 18.4. The number of rotatable bonds is 6. The van der Waals surface area contributed by atoms with Crippen LogP contribution in [0, 0.1) is 0 Å². The smallest absolute Gasteiger partial charge is 0.387 e. The Morgan fingerprint density at radius 3 is 2.60 bits per heavy atom. The lowest BCUT2D eigenvalue weighted by Gasteiger charge is -2.15. The molecule has 0 bridgehead atoms. The molecular weight excluding hydrogens is 358 g/mol. The first kappa shape index (κ1) is 18.6. The van der Waals surface area contributed by atoms with Gasteiger partial charge in [-0.2, -0.15) is 8.78 Å². The van der Waals surface area contributed by atoms with E-state index in [2.05, 4.69) is 15.0 Å². The second-order valence-electron chi connectivity index (χ2n) is 4.75. The van der Waals surface area contributed by atoms with E-state index < -0.39 is 24.6 Å². The number of anilines is 1. The van der Waals surface area contributed by atoms with Gasteiger partial charge in [0, 0.05) is 6.20 Å². The minimum atomic E-state index is -3.10. The number of pyridine rings is 1. The highest BCUT2D eigenvalue weighted by Crippen LogP contribution is 2.22. The minimum Gasteiger partial charge on any atom is -0.449 e. The molecule has 1 aromatic carbocycles. The molecule has 0 spiro atoms. The summed E-state index contributed by atoms with van der Waals surface area (Å²) in [5.41, 5.74) is 0.0281. The van der Waals surface area contributed by atoms with Gasteiger partial charge in [0.25, 0.3) is 5.91 Å². The number of alkyl halides is 2. The summed E-state index contributed by atoms with van der Waals surface area (Å²) < 4.78 is 34.0. The average Bonchev–Trinajstić information content (AvgIpc) is 2.56. The van der Waals surface area contributed by atoms with Crippen LogP contribution in [0.25, 0.3) is 0 Å². The second-order valence-corrected chi connectivity index (χ2v) is 5.11. The SMILES string of the molecule is C[C@@H](OC(=O)c1ccccc1OC(F)F)C(=O)Nc1cccnc1Cl. The molecule has 0 aliphatic rings. The van der Waals surface area contributed by atoms with Gasteiger partial charge in [0.1, 0.15) is 11.3 Å². The Kier molecular flexibility index (Phi) is 6.24. The summed E-state index contributed by atoms with van der Waals surface area (Å²) in [4.78, 5) is 28.0. The summed E-state index contributed by atoms with van der Waals surface area (Å²) in [6.45, 7) is -1.77. The monoisotopic (exact) mass is 370 g/mol. The second kappa shape index (κ2) is 8.39. The number of carbonyl (C=O) groups is 2. The Bertz CT molecular complexity index is 773. The predicted molar refractivity (Wildman–Crippen MR) is 85.8 cm³/mol. The molecule has 1 N–H and O–H groups in total. The Morgan fingerprint density at radius 1 is 1.20 bits per heavy atom. The fourth-order valence-electron chi connectivity index (χ4n) is 1.83. The molecule has 1 amide bonds. The quantitative estimate of drug-likeness (QED) is 0.622. The van der Waals surface area contributed by atoms with Crippen molar-refractivity contribution in [3.05, 3.63) is 53.3 Å². The Labute approximate surface area is 146 Å². The van der Waals surface area contributed by atoms with Crippen molar-refractivity contribution in [2.45, 2.75) is 19.6 Å². The molecule has 0 fully saturated rings. The van der Waals surface area contributed by atoms with Gasteiger partial charge in [-0.05, 0) is 31.2 Å². The molecule has 1 aromatic heterocycles. The van der Waals surface area contributed by atoms with Gasteiger partial charge in [0.15, 0.2) is 11.3 Å². The van der Waals surface area contributed by atoms with E-state index in [1.165, 1.54) is 43.5 Å². The van der Waals surface area contributed by atoms with Crippen molar-refractivity contribution in [2.24, 2.45) is 0 Å². The van der Waals surface area contributed by atoms with Crippen LogP contribution >= 0.6 is 11.6 Å². The van der Waals surface area contributed by atoms with E-state index in [4.69, 9.17) is 16.3 Å². The molecule has 0 radical (unpaired) electrons. The standard InChI is InChI=1S/C16H13ClF2N2O4/c1-9(14(22)21-11-6-4-8-20-13(11)17)24-15(23)10-5-2-3-7-12(10)25-16(18)19/h2-9,16H,1H3,(H,21,22)/t9-/m1/s1. The van der Waals surface area contributed by atoms with Crippen molar-refractivity contribution in [3.8, 4) is 5.75 Å². The molecule has 0 unspecified atom stereocenters. The van der Waals surface area contributed by atoms with E-state index in [0.29, 0.717) is 0 Å². The summed E-state index contributed by atoms with van der Waals surface area (Å²) in [7, 11) is 0.